The molecule has 27 heavy (non-hydrogen) atoms. The quantitative estimate of drug-likeness (QED) is 0.736. The molecular weight excluding hydrogens is 347 g/mol. The number of nitrogens with zero attached hydrogens (tertiary/aromatic N) is 1. The Hall–Kier alpha value is -2.89. The van der Waals surface area contributed by atoms with Gasteiger partial charge in [0.2, 0.25) is 11.8 Å². The van der Waals surface area contributed by atoms with Gasteiger partial charge in [0.05, 0.1) is 13.5 Å². The fraction of sp³-hybridized carbons (Fsp3) is 0.333. The van der Waals surface area contributed by atoms with E-state index < -0.39 is 0 Å². The number of hydrogen-bond acceptors (Lipinski definition) is 3. The zero-order valence-electron chi connectivity index (χ0n) is 15.7. The first kappa shape index (κ1) is 20.4. The average molecular weight is 372 g/mol. The van der Waals surface area contributed by atoms with Crippen molar-refractivity contribution in [3.8, 4) is 5.75 Å². The summed E-state index contributed by atoms with van der Waals surface area (Å²) in [7, 11) is 1.62. The molecule has 0 radical (unpaired) electrons. The third-order valence-corrected chi connectivity index (χ3v) is 4.27. The molecule has 2 aromatic carbocycles. The van der Waals surface area contributed by atoms with Crippen molar-refractivity contribution in [2.45, 2.75) is 19.8 Å². The minimum atomic E-state index is -0.327. The molecule has 0 aliphatic heterocycles. The van der Waals surface area contributed by atoms with Crippen molar-refractivity contribution in [1.82, 2.24) is 10.2 Å². The molecule has 0 aromatic heterocycles. The number of carbonyl (C=O) groups is 2. The van der Waals surface area contributed by atoms with Crippen LogP contribution in [-0.4, -0.2) is 43.5 Å². The van der Waals surface area contributed by atoms with Gasteiger partial charge in [0.15, 0.2) is 0 Å². The normalized spacial score (nSPS) is 10.3. The van der Waals surface area contributed by atoms with Crippen LogP contribution in [0.3, 0.4) is 0 Å². The molecule has 0 fully saturated rings. The van der Waals surface area contributed by atoms with Gasteiger partial charge in [-0.2, -0.15) is 0 Å². The largest absolute Gasteiger partial charge is 0.496 e. The first-order chi connectivity index (χ1) is 13.0. The highest BCUT2D eigenvalue weighted by Crippen LogP contribution is 2.18. The highest BCUT2D eigenvalue weighted by Gasteiger charge is 2.11. The molecule has 6 heteroatoms. The number of hydrogen-bond donors (Lipinski definition) is 1. The molecule has 0 atom stereocenters. The van der Waals surface area contributed by atoms with Crippen LogP contribution in [0.1, 0.15) is 18.1 Å². The molecule has 0 aliphatic rings. The lowest BCUT2D eigenvalue weighted by molar-refractivity contribution is -0.129. The Morgan fingerprint density at radius 1 is 1.07 bits per heavy atom. The van der Waals surface area contributed by atoms with Gasteiger partial charge in [0.25, 0.3) is 0 Å². The van der Waals surface area contributed by atoms with Crippen LogP contribution in [0.25, 0.3) is 0 Å². The number of nitrogens with one attached hydrogen (secondary N) is 1. The summed E-state index contributed by atoms with van der Waals surface area (Å²) in [4.78, 5) is 25.6. The number of para-hydroxylation sites is 1. The molecule has 144 valence electrons. The molecule has 0 heterocycles. The van der Waals surface area contributed by atoms with Gasteiger partial charge in [-0.15, -0.1) is 0 Å². The predicted octanol–water partition coefficient (Wildman–Crippen LogP) is 2.58. The molecule has 0 aliphatic carbocycles. The number of carbonyl (C=O) groups excluding carboxylic acids is 2. The lowest BCUT2D eigenvalue weighted by Gasteiger charge is -2.22. The number of ether oxygens (including phenoxy) is 1. The van der Waals surface area contributed by atoms with Crippen molar-refractivity contribution in [2.75, 3.05) is 26.7 Å². The number of benzene rings is 2. The fourth-order valence-electron chi connectivity index (χ4n) is 2.77. The van der Waals surface area contributed by atoms with Crippen LogP contribution < -0.4 is 10.1 Å². The topological polar surface area (TPSA) is 58.6 Å². The van der Waals surface area contributed by atoms with Gasteiger partial charge >= 0.3 is 0 Å². The van der Waals surface area contributed by atoms with Crippen LogP contribution in [-0.2, 0) is 22.4 Å². The first-order valence-corrected chi connectivity index (χ1v) is 8.88. The van der Waals surface area contributed by atoms with E-state index in [2.05, 4.69) is 5.32 Å². The van der Waals surface area contributed by atoms with E-state index >= 15 is 0 Å². The molecule has 2 rings (SSSR count). The predicted molar refractivity (Wildman–Crippen MR) is 102 cm³/mol. The second-order valence-corrected chi connectivity index (χ2v) is 6.22. The van der Waals surface area contributed by atoms with Gasteiger partial charge in [-0.25, -0.2) is 4.39 Å². The first-order valence-electron chi connectivity index (χ1n) is 8.88. The Balaban J connectivity index is 1.79. The Morgan fingerprint density at radius 3 is 2.44 bits per heavy atom. The number of methoxy groups -OCH3 is 1. The highest BCUT2D eigenvalue weighted by molar-refractivity contribution is 5.78. The van der Waals surface area contributed by atoms with Crippen LogP contribution in [0.4, 0.5) is 4.39 Å². The highest BCUT2D eigenvalue weighted by atomic mass is 19.1. The lowest BCUT2D eigenvalue weighted by Crippen LogP contribution is -2.39. The summed E-state index contributed by atoms with van der Waals surface area (Å²) < 4.78 is 18.2. The Bertz CT molecular complexity index is 762. The van der Waals surface area contributed by atoms with E-state index in [1.165, 1.54) is 19.1 Å². The molecule has 5 nitrogen and oxygen atoms in total. The summed E-state index contributed by atoms with van der Waals surface area (Å²) in [6.07, 6.45) is 0.856. The van der Waals surface area contributed by atoms with Crippen LogP contribution in [0.5, 0.6) is 5.75 Å². The van der Waals surface area contributed by atoms with E-state index in [0.717, 1.165) is 16.9 Å². The Kier molecular flexibility index (Phi) is 7.79. The van der Waals surface area contributed by atoms with Crippen molar-refractivity contribution in [2.24, 2.45) is 0 Å². The maximum atomic E-state index is 12.9. The molecular formula is C21H25FN2O3. The van der Waals surface area contributed by atoms with E-state index in [9.17, 15) is 14.0 Å². The summed E-state index contributed by atoms with van der Waals surface area (Å²) in [6.45, 7) is 2.86. The van der Waals surface area contributed by atoms with Crippen LogP contribution >= 0.6 is 0 Å². The monoisotopic (exact) mass is 372 g/mol. The Labute approximate surface area is 159 Å². The van der Waals surface area contributed by atoms with E-state index in [0.29, 0.717) is 26.1 Å². The number of halogens is 1. The van der Waals surface area contributed by atoms with Gasteiger partial charge in [-0.3, -0.25) is 9.59 Å². The van der Waals surface area contributed by atoms with E-state index in [4.69, 9.17) is 4.74 Å². The molecule has 0 bridgehead atoms. The van der Waals surface area contributed by atoms with Crippen molar-refractivity contribution < 1.29 is 18.7 Å². The molecule has 0 unspecified atom stereocenters. The maximum absolute atomic E-state index is 12.9. The second-order valence-electron chi connectivity index (χ2n) is 6.22. The standard InChI is InChI=1S/C21H25FN2O3/c1-16(25)24(13-11-18-5-3-4-6-20(18)27-2)14-12-23-21(26)15-17-7-9-19(22)10-8-17/h3-10H,11-15H2,1-2H3,(H,23,26). The molecule has 2 aromatic rings. The molecule has 0 saturated carbocycles. The molecule has 1 N–H and O–H groups in total. The summed E-state index contributed by atoms with van der Waals surface area (Å²) in [5.41, 5.74) is 1.78. The van der Waals surface area contributed by atoms with Crippen molar-refractivity contribution in [1.29, 1.82) is 0 Å². The molecule has 0 spiro atoms. The molecule has 2 amide bonds. The number of amides is 2. The van der Waals surface area contributed by atoms with Crippen LogP contribution in [0, 0.1) is 5.82 Å². The zero-order chi connectivity index (χ0) is 19.6. The van der Waals surface area contributed by atoms with Gasteiger partial charge in [-0.1, -0.05) is 30.3 Å². The van der Waals surface area contributed by atoms with Crippen LogP contribution in [0.2, 0.25) is 0 Å². The van der Waals surface area contributed by atoms with Gasteiger partial charge in [0.1, 0.15) is 11.6 Å². The van der Waals surface area contributed by atoms with E-state index in [1.54, 1.807) is 24.1 Å². The smallest absolute Gasteiger partial charge is 0.224 e. The minimum absolute atomic E-state index is 0.0438. The zero-order valence-corrected chi connectivity index (χ0v) is 15.7. The lowest BCUT2D eigenvalue weighted by atomic mass is 10.1. The SMILES string of the molecule is COc1ccccc1CCN(CCNC(=O)Cc1ccc(F)cc1)C(C)=O. The minimum Gasteiger partial charge on any atom is -0.496 e. The summed E-state index contributed by atoms with van der Waals surface area (Å²) in [6, 6.07) is 13.5. The summed E-state index contributed by atoms with van der Waals surface area (Å²) in [5, 5.41) is 2.80. The molecule has 0 saturated heterocycles. The maximum Gasteiger partial charge on any atom is 0.224 e. The van der Waals surface area contributed by atoms with Crippen LogP contribution in [0.15, 0.2) is 48.5 Å². The van der Waals surface area contributed by atoms with Crippen molar-refractivity contribution in [3.05, 3.63) is 65.5 Å². The van der Waals surface area contributed by atoms with Crippen molar-refractivity contribution >= 4 is 11.8 Å². The van der Waals surface area contributed by atoms with E-state index in [-0.39, 0.29) is 24.1 Å². The van der Waals surface area contributed by atoms with Gasteiger partial charge < -0.3 is 15.0 Å². The van der Waals surface area contributed by atoms with Gasteiger partial charge in [0, 0.05) is 26.6 Å². The van der Waals surface area contributed by atoms with E-state index in [1.807, 2.05) is 24.3 Å². The summed E-state index contributed by atoms with van der Waals surface area (Å²) in [5.74, 6) is 0.271. The van der Waals surface area contributed by atoms with Gasteiger partial charge in [-0.05, 0) is 35.7 Å². The fourth-order valence-corrected chi connectivity index (χ4v) is 2.77. The Morgan fingerprint density at radius 2 is 1.78 bits per heavy atom. The number of rotatable bonds is 9. The average Bonchev–Trinajstić information content (AvgIpc) is 2.66. The summed E-state index contributed by atoms with van der Waals surface area (Å²) >= 11 is 0. The second kappa shape index (κ2) is 10.3. The third-order valence-electron chi connectivity index (χ3n) is 4.27. The van der Waals surface area contributed by atoms with Crippen molar-refractivity contribution in [3.63, 3.8) is 0 Å². The third kappa shape index (κ3) is 6.73.